The van der Waals surface area contributed by atoms with E-state index in [2.05, 4.69) is 41.4 Å². The monoisotopic (exact) mass is 345 g/mol. The molecule has 25 heavy (non-hydrogen) atoms. The smallest absolute Gasteiger partial charge is 0.240 e. The lowest BCUT2D eigenvalue weighted by molar-refractivity contribution is -0.127. The summed E-state index contributed by atoms with van der Waals surface area (Å²) in [6, 6.07) is 8.73. The molecule has 1 heterocycles. The number of rotatable bonds is 5. The van der Waals surface area contributed by atoms with Gasteiger partial charge < -0.3 is 15.8 Å². The average molecular weight is 345 g/mol. The predicted molar refractivity (Wildman–Crippen MR) is 99.3 cm³/mol. The molecular formula is C20H31N3O2. The number of aryl methyl sites for hydroxylation is 1. The van der Waals surface area contributed by atoms with Crippen molar-refractivity contribution >= 4 is 5.91 Å². The Hall–Kier alpha value is -1.43. The standard InChI is InChI=1S/C20H31N3O2/c1-16-6-5-7-17(14-16)18(23-10-12-25-13-11-23)15-22-19(24)20(21)8-3-2-4-9-20/h5-7,14,18H,2-4,8-13,15,21H2,1H3,(H,22,24). The molecule has 138 valence electrons. The van der Waals surface area contributed by atoms with Crippen LogP contribution >= 0.6 is 0 Å². The van der Waals surface area contributed by atoms with Gasteiger partial charge in [-0.1, -0.05) is 49.1 Å². The minimum absolute atomic E-state index is 0.0121. The van der Waals surface area contributed by atoms with E-state index in [1.54, 1.807) is 0 Å². The normalized spacial score (nSPS) is 22.3. The number of benzene rings is 1. The fraction of sp³-hybridized carbons (Fsp3) is 0.650. The summed E-state index contributed by atoms with van der Waals surface area (Å²) in [5, 5.41) is 3.16. The minimum atomic E-state index is -0.680. The van der Waals surface area contributed by atoms with Crippen LogP contribution in [-0.2, 0) is 9.53 Å². The van der Waals surface area contributed by atoms with E-state index in [0.717, 1.165) is 52.0 Å². The Balaban J connectivity index is 1.70. The molecule has 5 nitrogen and oxygen atoms in total. The first-order chi connectivity index (χ1) is 12.1. The van der Waals surface area contributed by atoms with Crippen molar-refractivity contribution < 1.29 is 9.53 Å². The van der Waals surface area contributed by atoms with E-state index >= 15 is 0 Å². The summed E-state index contributed by atoms with van der Waals surface area (Å²) < 4.78 is 5.50. The summed E-state index contributed by atoms with van der Waals surface area (Å²) in [5.41, 5.74) is 8.19. The molecule has 1 atom stereocenters. The third-order valence-electron chi connectivity index (χ3n) is 5.57. The molecule has 2 aliphatic rings. The van der Waals surface area contributed by atoms with E-state index < -0.39 is 5.54 Å². The lowest BCUT2D eigenvalue weighted by Crippen LogP contribution is -2.56. The molecular weight excluding hydrogens is 314 g/mol. The van der Waals surface area contributed by atoms with Gasteiger partial charge in [0.2, 0.25) is 5.91 Å². The molecule has 0 spiro atoms. The van der Waals surface area contributed by atoms with Gasteiger partial charge in [0, 0.05) is 19.6 Å². The van der Waals surface area contributed by atoms with Crippen LogP contribution in [0, 0.1) is 6.92 Å². The van der Waals surface area contributed by atoms with E-state index in [4.69, 9.17) is 10.5 Å². The molecule has 0 radical (unpaired) electrons. The zero-order valence-electron chi connectivity index (χ0n) is 15.3. The molecule has 1 amide bonds. The highest BCUT2D eigenvalue weighted by Crippen LogP contribution is 2.27. The van der Waals surface area contributed by atoms with Crippen molar-refractivity contribution in [2.75, 3.05) is 32.8 Å². The molecule has 5 heteroatoms. The summed E-state index contributed by atoms with van der Waals surface area (Å²) in [6.07, 6.45) is 4.88. The van der Waals surface area contributed by atoms with E-state index in [9.17, 15) is 4.79 Å². The average Bonchev–Trinajstić information content (AvgIpc) is 2.63. The van der Waals surface area contributed by atoms with Gasteiger partial charge in [-0.2, -0.15) is 0 Å². The maximum Gasteiger partial charge on any atom is 0.240 e. The molecule has 1 saturated carbocycles. The third-order valence-corrected chi connectivity index (χ3v) is 5.57. The maximum absolute atomic E-state index is 12.7. The van der Waals surface area contributed by atoms with Gasteiger partial charge in [-0.15, -0.1) is 0 Å². The van der Waals surface area contributed by atoms with Crippen molar-refractivity contribution in [3.8, 4) is 0 Å². The first-order valence-corrected chi connectivity index (χ1v) is 9.54. The molecule has 3 rings (SSSR count). The first kappa shape index (κ1) is 18.4. The second-order valence-electron chi connectivity index (χ2n) is 7.51. The van der Waals surface area contributed by atoms with Gasteiger partial charge in [0.15, 0.2) is 0 Å². The van der Waals surface area contributed by atoms with Crippen LogP contribution < -0.4 is 11.1 Å². The summed E-state index contributed by atoms with van der Waals surface area (Å²) >= 11 is 0. The minimum Gasteiger partial charge on any atom is -0.379 e. The number of hydrogen-bond acceptors (Lipinski definition) is 4. The summed E-state index contributed by atoms with van der Waals surface area (Å²) in [4.78, 5) is 15.1. The van der Waals surface area contributed by atoms with Gasteiger partial charge in [0.1, 0.15) is 0 Å². The molecule has 1 aliphatic carbocycles. The molecule has 1 aromatic rings. The van der Waals surface area contributed by atoms with Crippen LogP contribution in [0.4, 0.5) is 0 Å². The van der Waals surface area contributed by atoms with E-state index in [0.29, 0.717) is 6.54 Å². The van der Waals surface area contributed by atoms with Crippen molar-refractivity contribution in [1.29, 1.82) is 0 Å². The molecule has 1 aromatic carbocycles. The Bertz CT molecular complexity index is 578. The highest BCUT2D eigenvalue weighted by Gasteiger charge is 2.35. The number of carbonyl (C=O) groups excluding carboxylic acids is 1. The van der Waals surface area contributed by atoms with Gasteiger partial charge in [0.25, 0.3) is 0 Å². The van der Waals surface area contributed by atoms with Gasteiger partial charge in [-0.05, 0) is 25.3 Å². The topological polar surface area (TPSA) is 67.6 Å². The fourth-order valence-electron chi connectivity index (χ4n) is 4.00. The molecule has 1 unspecified atom stereocenters. The van der Waals surface area contributed by atoms with Crippen molar-refractivity contribution in [2.24, 2.45) is 5.73 Å². The zero-order chi connectivity index (χ0) is 17.7. The number of nitrogens with one attached hydrogen (secondary N) is 1. The first-order valence-electron chi connectivity index (χ1n) is 9.54. The summed E-state index contributed by atoms with van der Waals surface area (Å²) in [5.74, 6) is 0.0121. The third kappa shape index (κ3) is 4.60. The number of carbonyl (C=O) groups is 1. The molecule has 0 aromatic heterocycles. The second kappa shape index (κ2) is 8.30. The van der Waals surface area contributed by atoms with Gasteiger partial charge in [-0.25, -0.2) is 0 Å². The number of morpholine rings is 1. The Labute approximate surface area is 150 Å². The number of nitrogens with zero attached hydrogens (tertiary/aromatic N) is 1. The van der Waals surface area contributed by atoms with Crippen molar-refractivity contribution in [3.63, 3.8) is 0 Å². The van der Waals surface area contributed by atoms with Crippen LogP contribution in [-0.4, -0.2) is 49.2 Å². The van der Waals surface area contributed by atoms with Crippen LogP contribution in [0.15, 0.2) is 24.3 Å². The highest BCUT2D eigenvalue weighted by molar-refractivity contribution is 5.86. The van der Waals surface area contributed by atoms with E-state index in [-0.39, 0.29) is 11.9 Å². The number of amides is 1. The lowest BCUT2D eigenvalue weighted by Gasteiger charge is -2.37. The van der Waals surface area contributed by atoms with Crippen LogP contribution in [0.2, 0.25) is 0 Å². The molecule has 2 fully saturated rings. The van der Waals surface area contributed by atoms with E-state index in [1.807, 2.05) is 0 Å². The molecule has 0 bridgehead atoms. The number of ether oxygens (including phenoxy) is 1. The molecule has 1 aliphatic heterocycles. The van der Waals surface area contributed by atoms with Crippen LogP contribution in [0.1, 0.15) is 49.3 Å². The second-order valence-corrected chi connectivity index (χ2v) is 7.51. The van der Waals surface area contributed by atoms with Crippen molar-refractivity contribution in [3.05, 3.63) is 35.4 Å². The Morgan fingerprint density at radius 3 is 2.68 bits per heavy atom. The maximum atomic E-state index is 12.7. The zero-order valence-corrected chi connectivity index (χ0v) is 15.3. The fourth-order valence-corrected chi connectivity index (χ4v) is 4.00. The van der Waals surface area contributed by atoms with Gasteiger partial charge in [0.05, 0.1) is 24.8 Å². The number of hydrogen-bond donors (Lipinski definition) is 2. The van der Waals surface area contributed by atoms with Crippen molar-refractivity contribution in [2.45, 2.75) is 50.6 Å². The Morgan fingerprint density at radius 2 is 2.00 bits per heavy atom. The quantitative estimate of drug-likeness (QED) is 0.858. The Kier molecular flexibility index (Phi) is 6.10. The van der Waals surface area contributed by atoms with Gasteiger partial charge in [-0.3, -0.25) is 9.69 Å². The van der Waals surface area contributed by atoms with Crippen LogP contribution in [0.3, 0.4) is 0 Å². The van der Waals surface area contributed by atoms with Crippen molar-refractivity contribution in [1.82, 2.24) is 10.2 Å². The van der Waals surface area contributed by atoms with Crippen LogP contribution in [0.25, 0.3) is 0 Å². The summed E-state index contributed by atoms with van der Waals surface area (Å²) in [6.45, 7) is 5.98. The number of nitrogens with two attached hydrogens (primary N) is 1. The molecule has 3 N–H and O–H groups in total. The molecule has 1 saturated heterocycles. The van der Waals surface area contributed by atoms with Gasteiger partial charge >= 0.3 is 0 Å². The summed E-state index contributed by atoms with van der Waals surface area (Å²) in [7, 11) is 0. The Morgan fingerprint density at radius 1 is 1.28 bits per heavy atom. The van der Waals surface area contributed by atoms with Crippen LogP contribution in [0.5, 0.6) is 0 Å². The highest BCUT2D eigenvalue weighted by atomic mass is 16.5. The lowest BCUT2D eigenvalue weighted by atomic mass is 9.82. The predicted octanol–water partition coefficient (Wildman–Crippen LogP) is 2.15. The van der Waals surface area contributed by atoms with E-state index in [1.165, 1.54) is 17.5 Å². The largest absolute Gasteiger partial charge is 0.379 e. The SMILES string of the molecule is Cc1cccc(C(CNC(=O)C2(N)CCCCC2)N2CCOCC2)c1.